The summed E-state index contributed by atoms with van der Waals surface area (Å²) in [6.07, 6.45) is -1.96. The number of likely N-dealkylation sites (N-methyl/N-ethyl adjacent to an activating group) is 1. The normalized spacial score (nSPS) is 16.9. The van der Waals surface area contributed by atoms with Gasteiger partial charge in [-0.05, 0) is 50.2 Å². The molecule has 0 N–H and O–H groups in total. The summed E-state index contributed by atoms with van der Waals surface area (Å²) in [4.78, 5) is 5.13. The van der Waals surface area contributed by atoms with Gasteiger partial charge in [0.25, 0.3) is 0 Å². The van der Waals surface area contributed by atoms with Crippen LogP contribution in [0.4, 0.5) is 22.0 Å². The van der Waals surface area contributed by atoms with Crippen LogP contribution in [0.2, 0.25) is 0 Å². The Labute approximate surface area is 164 Å². The van der Waals surface area contributed by atoms with Gasteiger partial charge in [0, 0.05) is 48.0 Å². The van der Waals surface area contributed by atoms with Gasteiger partial charge in [-0.2, -0.15) is 22.0 Å². The molecular weight excluding hydrogens is 389 g/mol. The van der Waals surface area contributed by atoms with Crippen LogP contribution in [0.15, 0.2) is 36.5 Å². The van der Waals surface area contributed by atoms with E-state index in [1.807, 2.05) is 19.1 Å². The van der Waals surface area contributed by atoms with Crippen LogP contribution < -0.4 is 0 Å². The standard InChI is InChI=1S/C21H20F5N3/c1-13-3-4-14(12-27-13)7-10-29-17-6-5-15(20(22,23)24)11-16(17)19-18(29)8-9-28(2)21(19,25)26/h3-6,11-12H,7-10H2,1-2H3. The van der Waals surface area contributed by atoms with Crippen LogP contribution in [-0.4, -0.2) is 28.0 Å². The maximum absolute atomic E-state index is 15.0. The van der Waals surface area contributed by atoms with Gasteiger partial charge in [0.2, 0.25) is 0 Å². The number of nitrogens with zero attached hydrogens (tertiary/aromatic N) is 3. The molecule has 29 heavy (non-hydrogen) atoms. The molecule has 0 amide bonds. The van der Waals surface area contributed by atoms with Gasteiger partial charge in [-0.1, -0.05) is 6.07 Å². The van der Waals surface area contributed by atoms with Crippen molar-refractivity contribution in [3.8, 4) is 0 Å². The van der Waals surface area contributed by atoms with E-state index in [4.69, 9.17) is 0 Å². The Morgan fingerprint density at radius 3 is 2.55 bits per heavy atom. The Hall–Kier alpha value is -2.48. The van der Waals surface area contributed by atoms with E-state index in [9.17, 15) is 22.0 Å². The minimum absolute atomic E-state index is 0.0339. The monoisotopic (exact) mass is 409 g/mol. The van der Waals surface area contributed by atoms with Crippen LogP contribution in [0.3, 0.4) is 0 Å². The van der Waals surface area contributed by atoms with Gasteiger partial charge in [-0.25, -0.2) is 4.90 Å². The first-order valence-corrected chi connectivity index (χ1v) is 9.32. The highest BCUT2D eigenvalue weighted by Gasteiger charge is 2.45. The average molecular weight is 409 g/mol. The minimum Gasteiger partial charge on any atom is -0.344 e. The molecule has 0 unspecified atom stereocenters. The second-order valence-corrected chi connectivity index (χ2v) is 7.47. The average Bonchev–Trinajstić information content (AvgIpc) is 2.98. The third-order valence-corrected chi connectivity index (χ3v) is 5.56. The molecule has 0 spiro atoms. The molecule has 3 aromatic rings. The lowest BCUT2D eigenvalue weighted by molar-refractivity contribution is -0.148. The second-order valence-electron chi connectivity index (χ2n) is 7.47. The lowest BCUT2D eigenvalue weighted by atomic mass is 10.0. The van der Waals surface area contributed by atoms with Crippen molar-refractivity contribution in [2.45, 2.75) is 38.5 Å². The number of hydrogen-bond acceptors (Lipinski definition) is 2. The zero-order chi connectivity index (χ0) is 21.0. The highest BCUT2D eigenvalue weighted by molar-refractivity contribution is 5.87. The molecule has 0 saturated heterocycles. The summed E-state index contributed by atoms with van der Waals surface area (Å²) in [6.45, 7) is 2.40. The van der Waals surface area contributed by atoms with Crippen LogP contribution in [0, 0.1) is 6.92 Å². The number of aryl methyl sites for hydroxylation is 3. The number of rotatable bonds is 3. The predicted molar refractivity (Wildman–Crippen MR) is 99.8 cm³/mol. The summed E-state index contributed by atoms with van der Waals surface area (Å²) in [5.41, 5.74) is 1.39. The van der Waals surface area contributed by atoms with Gasteiger partial charge >= 0.3 is 12.2 Å². The molecule has 8 heteroatoms. The molecule has 1 aliphatic rings. The molecule has 2 aromatic heterocycles. The van der Waals surface area contributed by atoms with Crippen molar-refractivity contribution in [3.05, 3.63) is 64.6 Å². The van der Waals surface area contributed by atoms with E-state index < -0.39 is 17.8 Å². The summed E-state index contributed by atoms with van der Waals surface area (Å²) >= 11 is 0. The number of aromatic nitrogens is 2. The molecule has 0 saturated carbocycles. The fourth-order valence-electron chi connectivity index (χ4n) is 3.93. The summed E-state index contributed by atoms with van der Waals surface area (Å²) in [5, 5.41) is -0.0339. The van der Waals surface area contributed by atoms with Crippen molar-refractivity contribution in [2.75, 3.05) is 13.6 Å². The summed E-state index contributed by atoms with van der Waals surface area (Å²) in [5.74, 6) is 0. The number of halogens is 5. The van der Waals surface area contributed by atoms with Gasteiger partial charge in [0.15, 0.2) is 0 Å². The molecule has 4 rings (SSSR count). The molecule has 1 aliphatic heterocycles. The zero-order valence-corrected chi connectivity index (χ0v) is 16.0. The van der Waals surface area contributed by atoms with E-state index >= 15 is 0 Å². The van der Waals surface area contributed by atoms with Gasteiger partial charge in [-0.3, -0.25) is 4.98 Å². The highest BCUT2D eigenvalue weighted by atomic mass is 19.4. The summed E-state index contributed by atoms with van der Waals surface area (Å²) < 4.78 is 71.4. The predicted octanol–water partition coefficient (Wildman–Crippen LogP) is 5.14. The van der Waals surface area contributed by atoms with Gasteiger partial charge in [0.05, 0.1) is 11.1 Å². The Kier molecular flexibility index (Phi) is 4.64. The van der Waals surface area contributed by atoms with Gasteiger partial charge < -0.3 is 4.57 Å². The maximum atomic E-state index is 15.0. The fourth-order valence-corrected chi connectivity index (χ4v) is 3.93. The highest BCUT2D eigenvalue weighted by Crippen LogP contribution is 2.44. The lowest BCUT2D eigenvalue weighted by Gasteiger charge is -2.33. The third-order valence-electron chi connectivity index (χ3n) is 5.56. The topological polar surface area (TPSA) is 21.1 Å². The maximum Gasteiger partial charge on any atom is 0.416 e. The molecule has 0 fully saturated rings. The first-order chi connectivity index (χ1) is 13.6. The SMILES string of the molecule is Cc1ccc(CCn2c3c(c4cc(C(F)(F)F)ccc42)C(F)(F)N(C)CC3)cn1. The van der Waals surface area contributed by atoms with Gasteiger partial charge in [-0.15, -0.1) is 0 Å². The third kappa shape index (κ3) is 3.39. The van der Waals surface area contributed by atoms with E-state index in [0.717, 1.165) is 28.3 Å². The van der Waals surface area contributed by atoms with E-state index in [1.54, 1.807) is 10.8 Å². The van der Waals surface area contributed by atoms with Crippen molar-refractivity contribution in [2.24, 2.45) is 0 Å². The molecule has 154 valence electrons. The molecule has 0 aliphatic carbocycles. The molecule has 0 bridgehead atoms. The van der Waals surface area contributed by atoms with E-state index in [0.29, 0.717) is 30.6 Å². The molecular formula is C21H20F5N3. The van der Waals surface area contributed by atoms with E-state index in [1.165, 1.54) is 13.1 Å². The van der Waals surface area contributed by atoms with Crippen molar-refractivity contribution < 1.29 is 22.0 Å². The van der Waals surface area contributed by atoms with Crippen molar-refractivity contribution in [1.29, 1.82) is 0 Å². The Bertz CT molecular complexity index is 1050. The van der Waals surface area contributed by atoms with E-state index in [-0.39, 0.29) is 17.5 Å². The first kappa shape index (κ1) is 19.8. The Balaban J connectivity index is 1.85. The number of hydrogen-bond donors (Lipinski definition) is 0. The Morgan fingerprint density at radius 1 is 1.14 bits per heavy atom. The van der Waals surface area contributed by atoms with E-state index in [2.05, 4.69) is 4.98 Å². The smallest absolute Gasteiger partial charge is 0.344 e. The molecule has 1 aromatic carbocycles. The number of pyridine rings is 1. The van der Waals surface area contributed by atoms with Gasteiger partial charge in [0.1, 0.15) is 0 Å². The van der Waals surface area contributed by atoms with Crippen LogP contribution in [0.25, 0.3) is 10.9 Å². The fraction of sp³-hybridized carbons (Fsp3) is 0.381. The summed E-state index contributed by atoms with van der Waals surface area (Å²) in [6, 6.07) is 3.58. The molecule has 3 heterocycles. The summed E-state index contributed by atoms with van der Waals surface area (Å²) in [7, 11) is 1.29. The largest absolute Gasteiger partial charge is 0.416 e. The van der Waals surface area contributed by atoms with Crippen LogP contribution in [0.1, 0.15) is 28.1 Å². The van der Waals surface area contributed by atoms with Crippen LogP contribution >= 0.6 is 0 Å². The minimum atomic E-state index is -4.59. The van der Waals surface area contributed by atoms with Crippen molar-refractivity contribution in [3.63, 3.8) is 0 Å². The molecule has 0 atom stereocenters. The molecule has 3 nitrogen and oxygen atoms in total. The lowest BCUT2D eigenvalue weighted by Crippen LogP contribution is -2.42. The Morgan fingerprint density at radius 2 is 1.90 bits per heavy atom. The van der Waals surface area contributed by atoms with Crippen molar-refractivity contribution in [1.82, 2.24) is 14.5 Å². The quantitative estimate of drug-likeness (QED) is 0.441. The number of fused-ring (bicyclic) bond motifs is 3. The van der Waals surface area contributed by atoms with Crippen molar-refractivity contribution >= 4 is 10.9 Å². The number of alkyl halides is 5. The first-order valence-electron chi connectivity index (χ1n) is 9.32. The zero-order valence-electron chi connectivity index (χ0n) is 16.0. The van der Waals surface area contributed by atoms with Crippen LogP contribution in [0.5, 0.6) is 0 Å². The molecule has 0 radical (unpaired) electrons. The van der Waals surface area contributed by atoms with Crippen LogP contribution in [-0.2, 0) is 31.6 Å². The number of benzene rings is 1. The second kappa shape index (κ2) is 6.79.